The molecule has 0 aromatic carbocycles. The topological polar surface area (TPSA) is 0 Å². The van der Waals surface area contributed by atoms with Gasteiger partial charge in [-0.25, -0.2) is 0 Å². The van der Waals surface area contributed by atoms with Crippen LogP contribution in [0.2, 0.25) is 0 Å². The standard InChI is InChI=1S/C12H16.C2H6/c1-10-5-4-8-11-6-2-3-7-12(11)9-10;1-2/h4-5,8-9,11H,2-3,6-7H2,1H3;1-2H3/t11-;/m1./s1. The zero-order chi connectivity index (χ0) is 10.4. The number of rotatable bonds is 0. The van der Waals surface area contributed by atoms with E-state index < -0.39 is 0 Å². The van der Waals surface area contributed by atoms with Crippen LogP contribution in [0, 0.1) is 5.92 Å². The van der Waals surface area contributed by atoms with E-state index in [0.717, 1.165) is 5.92 Å². The molecule has 0 aliphatic heterocycles. The van der Waals surface area contributed by atoms with Gasteiger partial charge in [-0.15, -0.1) is 0 Å². The Morgan fingerprint density at radius 1 is 1.21 bits per heavy atom. The normalized spacial score (nSPS) is 24.9. The van der Waals surface area contributed by atoms with E-state index in [4.69, 9.17) is 0 Å². The smallest absolute Gasteiger partial charge is 0.00169 e. The molecule has 1 fully saturated rings. The first-order chi connectivity index (χ1) is 6.86. The Labute approximate surface area is 88.4 Å². The van der Waals surface area contributed by atoms with Crippen molar-refractivity contribution in [3.05, 3.63) is 35.5 Å². The molecule has 0 heteroatoms. The van der Waals surface area contributed by atoms with E-state index in [1.807, 2.05) is 13.8 Å². The van der Waals surface area contributed by atoms with Crippen LogP contribution in [0.25, 0.3) is 0 Å². The van der Waals surface area contributed by atoms with Crippen molar-refractivity contribution in [1.82, 2.24) is 0 Å². The summed E-state index contributed by atoms with van der Waals surface area (Å²) in [5.41, 5.74) is 3.06. The maximum absolute atomic E-state index is 2.38. The molecule has 2 rings (SSSR count). The van der Waals surface area contributed by atoms with Crippen molar-refractivity contribution in [1.29, 1.82) is 0 Å². The molecule has 0 spiro atoms. The van der Waals surface area contributed by atoms with Gasteiger partial charge >= 0.3 is 0 Å². The van der Waals surface area contributed by atoms with Gasteiger partial charge in [0.05, 0.1) is 0 Å². The molecule has 0 heterocycles. The van der Waals surface area contributed by atoms with Crippen molar-refractivity contribution in [3.8, 4) is 0 Å². The highest BCUT2D eigenvalue weighted by atomic mass is 14.2. The monoisotopic (exact) mass is 190 g/mol. The van der Waals surface area contributed by atoms with Crippen molar-refractivity contribution in [2.75, 3.05) is 0 Å². The van der Waals surface area contributed by atoms with Crippen LogP contribution in [0.3, 0.4) is 0 Å². The van der Waals surface area contributed by atoms with E-state index in [1.165, 1.54) is 31.3 Å². The fourth-order valence-electron chi connectivity index (χ4n) is 2.15. The molecule has 2 aliphatic rings. The number of allylic oxidation sites excluding steroid dienone is 6. The number of fused-ring (bicyclic) bond motifs is 1. The molecule has 0 N–H and O–H groups in total. The maximum atomic E-state index is 2.38. The molecule has 78 valence electrons. The third kappa shape index (κ3) is 2.87. The Hall–Kier alpha value is -0.780. The Morgan fingerprint density at radius 3 is 2.79 bits per heavy atom. The maximum Gasteiger partial charge on any atom is -0.00169 e. The second kappa shape index (κ2) is 5.85. The van der Waals surface area contributed by atoms with Crippen LogP contribution in [-0.2, 0) is 0 Å². The summed E-state index contributed by atoms with van der Waals surface area (Å²) in [6.45, 7) is 6.19. The van der Waals surface area contributed by atoms with Gasteiger partial charge in [0, 0.05) is 0 Å². The van der Waals surface area contributed by atoms with Crippen LogP contribution in [0.1, 0.15) is 46.5 Å². The van der Waals surface area contributed by atoms with E-state index in [9.17, 15) is 0 Å². The molecule has 0 aromatic heterocycles. The van der Waals surface area contributed by atoms with Crippen molar-refractivity contribution in [3.63, 3.8) is 0 Å². The highest BCUT2D eigenvalue weighted by molar-refractivity contribution is 5.33. The molecule has 1 saturated carbocycles. The predicted molar refractivity (Wildman–Crippen MR) is 64.3 cm³/mol. The molecule has 2 aliphatic carbocycles. The molecule has 0 nitrogen and oxygen atoms in total. The molecule has 14 heavy (non-hydrogen) atoms. The van der Waals surface area contributed by atoms with Crippen molar-refractivity contribution < 1.29 is 0 Å². The van der Waals surface area contributed by atoms with Gasteiger partial charge in [-0.05, 0) is 32.1 Å². The fraction of sp³-hybridized carbons (Fsp3) is 0.571. The van der Waals surface area contributed by atoms with Gasteiger partial charge in [-0.2, -0.15) is 0 Å². The second-order valence-electron chi connectivity index (χ2n) is 3.87. The summed E-state index contributed by atoms with van der Waals surface area (Å²) in [6.07, 6.45) is 14.7. The summed E-state index contributed by atoms with van der Waals surface area (Å²) in [4.78, 5) is 0. The lowest BCUT2D eigenvalue weighted by atomic mass is 9.84. The summed E-state index contributed by atoms with van der Waals surface area (Å²) in [7, 11) is 0. The zero-order valence-electron chi connectivity index (χ0n) is 9.72. The Bertz CT molecular complexity index is 253. The minimum Gasteiger partial charge on any atom is -0.0773 e. The predicted octanol–water partition coefficient (Wildman–Crippen LogP) is 4.65. The van der Waals surface area contributed by atoms with Gasteiger partial charge < -0.3 is 0 Å². The molecule has 0 amide bonds. The lowest BCUT2D eigenvalue weighted by Gasteiger charge is -2.21. The zero-order valence-corrected chi connectivity index (χ0v) is 9.72. The second-order valence-corrected chi connectivity index (χ2v) is 3.87. The molecule has 0 aromatic rings. The van der Waals surface area contributed by atoms with Gasteiger partial charge in [0.15, 0.2) is 0 Å². The van der Waals surface area contributed by atoms with Crippen molar-refractivity contribution in [2.45, 2.75) is 46.5 Å². The largest absolute Gasteiger partial charge is 0.0773 e. The molecule has 0 radical (unpaired) electrons. The third-order valence-corrected chi connectivity index (χ3v) is 2.82. The first-order valence-electron chi connectivity index (χ1n) is 5.92. The molecule has 0 saturated heterocycles. The van der Waals surface area contributed by atoms with E-state index >= 15 is 0 Å². The molecular weight excluding hydrogens is 168 g/mol. The first kappa shape index (κ1) is 11.3. The van der Waals surface area contributed by atoms with Crippen LogP contribution in [0.4, 0.5) is 0 Å². The minimum absolute atomic E-state index is 0.757. The van der Waals surface area contributed by atoms with Gasteiger partial charge in [0.1, 0.15) is 0 Å². The Morgan fingerprint density at radius 2 is 2.00 bits per heavy atom. The van der Waals surface area contributed by atoms with Crippen LogP contribution >= 0.6 is 0 Å². The molecule has 0 unspecified atom stereocenters. The Balaban J connectivity index is 0.000000461. The summed E-state index contributed by atoms with van der Waals surface area (Å²) in [5.74, 6) is 0.757. The average Bonchev–Trinajstić information content (AvgIpc) is 2.41. The molecule has 0 bridgehead atoms. The van der Waals surface area contributed by atoms with Crippen LogP contribution in [-0.4, -0.2) is 0 Å². The van der Waals surface area contributed by atoms with Crippen LogP contribution < -0.4 is 0 Å². The first-order valence-corrected chi connectivity index (χ1v) is 5.92. The van der Waals surface area contributed by atoms with Gasteiger partial charge in [-0.3, -0.25) is 0 Å². The number of hydrogen-bond acceptors (Lipinski definition) is 0. The lowest BCUT2D eigenvalue weighted by Crippen LogP contribution is -2.06. The summed E-state index contributed by atoms with van der Waals surface area (Å²) in [5, 5.41) is 0. The van der Waals surface area contributed by atoms with Gasteiger partial charge in [-0.1, -0.05) is 55.7 Å². The van der Waals surface area contributed by atoms with Crippen LogP contribution in [0.15, 0.2) is 35.5 Å². The highest BCUT2D eigenvalue weighted by Gasteiger charge is 2.16. The quantitative estimate of drug-likeness (QED) is 0.522. The summed E-state index contributed by atoms with van der Waals surface area (Å²) in [6, 6.07) is 0. The minimum atomic E-state index is 0.757. The van der Waals surface area contributed by atoms with Crippen molar-refractivity contribution in [2.24, 2.45) is 5.92 Å². The van der Waals surface area contributed by atoms with E-state index in [-0.39, 0.29) is 0 Å². The van der Waals surface area contributed by atoms with E-state index in [0.29, 0.717) is 0 Å². The molecular formula is C14H22. The van der Waals surface area contributed by atoms with Gasteiger partial charge in [0.25, 0.3) is 0 Å². The average molecular weight is 190 g/mol. The third-order valence-electron chi connectivity index (χ3n) is 2.82. The summed E-state index contributed by atoms with van der Waals surface area (Å²) >= 11 is 0. The number of hydrogen-bond donors (Lipinski definition) is 0. The SMILES string of the molecule is CC.CC1=CC=C[C@H]2CCCCC2=C1. The highest BCUT2D eigenvalue weighted by Crippen LogP contribution is 2.32. The molecule has 1 atom stereocenters. The van der Waals surface area contributed by atoms with Crippen molar-refractivity contribution >= 4 is 0 Å². The fourth-order valence-corrected chi connectivity index (χ4v) is 2.15. The van der Waals surface area contributed by atoms with Gasteiger partial charge in [0.2, 0.25) is 0 Å². The Kier molecular flexibility index (Phi) is 4.72. The lowest BCUT2D eigenvalue weighted by molar-refractivity contribution is 0.519. The van der Waals surface area contributed by atoms with E-state index in [2.05, 4.69) is 31.2 Å². The summed E-state index contributed by atoms with van der Waals surface area (Å²) < 4.78 is 0. The van der Waals surface area contributed by atoms with E-state index in [1.54, 1.807) is 5.57 Å². The van der Waals surface area contributed by atoms with Crippen LogP contribution in [0.5, 0.6) is 0 Å².